The third-order valence-electron chi connectivity index (χ3n) is 3.55. The molecule has 134 valence electrons. The third-order valence-corrected chi connectivity index (χ3v) is 4.68. The van der Waals surface area contributed by atoms with Crippen LogP contribution in [-0.2, 0) is 27.8 Å². The number of hydrogen-bond donors (Lipinski definition) is 1. The highest BCUT2D eigenvalue weighted by Gasteiger charge is 2.13. The lowest BCUT2D eigenvalue weighted by Gasteiger charge is -2.06. The second-order valence-corrected chi connectivity index (χ2v) is 6.98. The lowest BCUT2D eigenvalue weighted by molar-refractivity contribution is -0.146. The van der Waals surface area contributed by atoms with Crippen molar-refractivity contribution >= 4 is 40.6 Å². The van der Waals surface area contributed by atoms with E-state index in [2.05, 4.69) is 10.4 Å². The SMILES string of the molecule is Cn1nc(-c2ccc(Cl)cc2)cc1NC(=O)COC(=O)Cc1cccs1. The number of halogens is 1. The molecule has 0 saturated carbocycles. The summed E-state index contributed by atoms with van der Waals surface area (Å²) in [5, 5.41) is 9.57. The molecule has 0 radical (unpaired) electrons. The van der Waals surface area contributed by atoms with Crippen molar-refractivity contribution in [3.63, 3.8) is 0 Å². The number of esters is 1. The van der Waals surface area contributed by atoms with Crippen molar-refractivity contribution in [1.82, 2.24) is 9.78 Å². The maximum atomic E-state index is 12.0. The molecule has 0 spiro atoms. The van der Waals surface area contributed by atoms with Crippen molar-refractivity contribution in [3.05, 3.63) is 57.7 Å². The van der Waals surface area contributed by atoms with Gasteiger partial charge in [-0.25, -0.2) is 0 Å². The van der Waals surface area contributed by atoms with E-state index in [1.54, 1.807) is 29.9 Å². The number of aryl methyl sites for hydroxylation is 1. The summed E-state index contributed by atoms with van der Waals surface area (Å²) in [6, 6.07) is 12.7. The lowest BCUT2D eigenvalue weighted by atomic mass is 10.1. The van der Waals surface area contributed by atoms with Crippen LogP contribution < -0.4 is 5.32 Å². The molecule has 0 atom stereocenters. The van der Waals surface area contributed by atoms with E-state index in [-0.39, 0.29) is 13.0 Å². The second kappa shape index (κ2) is 8.16. The quantitative estimate of drug-likeness (QED) is 0.654. The first-order chi connectivity index (χ1) is 12.5. The van der Waals surface area contributed by atoms with Crippen LogP contribution in [0.5, 0.6) is 0 Å². The first-order valence-electron chi connectivity index (χ1n) is 7.79. The van der Waals surface area contributed by atoms with Crippen LogP contribution in [0.15, 0.2) is 47.8 Å². The summed E-state index contributed by atoms with van der Waals surface area (Å²) in [7, 11) is 1.72. The smallest absolute Gasteiger partial charge is 0.311 e. The first kappa shape index (κ1) is 18.2. The van der Waals surface area contributed by atoms with E-state index < -0.39 is 11.9 Å². The molecular formula is C18H16ClN3O3S. The maximum absolute atomic E-state index is 12.0. The van der Waals surface area contributed by atoms with Crippen molar-refractivity contribution in [2.45, 2.75) is 6.42 Å². The minimum Gasteiger partial charge on any atom is -0.455 e. The number of thiophene rings is 1. The zero-order valence-corrected chi connectivity index (χ0v) is 15.5. The van der Waals surface area contributed by atoms with Gasteiger partial charge in [0, 0.05) is 28.6 Å². The summed E-state index contributed by atoms with van der Waals surface area (Å²) in [5.41, 5.74) is 1.59. The van der Waals surface area contributed by atoms with Gasteiger partial charge in [0.2, 0.25) is 0 Å². The minimum absolute atomic E-state index is 0.164. The van der Waals surface area contributed by atoms with Gasteiger partial charge in [0.1, 0.15) is 5.82 Å². The fourth-order valence-electron chi connectivity index (χ4n) is 2.28. The van der Waals surface area contributed by atoms with Gasteiger partial charge in [0.25, 0.3) is 5.91 Å². The van der Waals surface area contributed by atoms with Crippen LogP contribution >= 0.6 is 22.9 Å². The van der Waals surface area contributed by atoms with Gasteiger partial charge in [-0.2, -0.15) is 5.10 Å². The van der Waals surface area contributed by atoms with E-state index in [1.165, 1.54) is 11.3 Å². The molecule has 0 aliphatic heterocycles. The van der Waals surface area contributed by atoms with Crippen LogP contribution in [0, 0.1) is 0 Å². The first-order valence-corrected chi connectivity index (χ1v) is 9.05. The molecule has 0 saturated heterocycles. The maximum Gasteiger partial charge on any atom is 0.311 e. The number of benzene rings is 1. The molecule has 1 amide bonds. The van der Waals surface area contributed by atoms with Gasteiger partial charge in [0.05, 0.1) is 12.1 Å². The van der Waals surface area contributed by atoms with Gasteiger partial charge >= 0.3 is 5.97 Å². The van der Waals surface area contributed by atoms with Gasteiger partial charge in [-0.15, -0.1) is 11.3 Å². The van der Waals surface area contributed by atoms with Gasteiger partial charge in [-0.1, -0.05) is 29.8 Å². The highest BCUT2D eigenvalue weighted by molar-refractivity contribution is 7.10. The molecule has 2 heterocycles. The normalized spacial score (nSPS) is 10.5. The Morgan fingerprint density at radius 3 is 2.73 bits per heavy atom. The van der Waals surface area contributed by atoms with Crippen molar-refractivity contribution in [2.24, 2.45) is 7.05 Å². The summed E-state index contributed by atoms with van der Waals surface area (Å²) in [6.07, 6.45) is 0.164. The van der Waals surface area contributed by atoms with Crippen molar-refractivity contribution in [1.29, 1.82) is 0 Å². The predicted octanol–water partition coefficient (Wildman–Crippen LogP) is 3.53. The van der Waals surface area contributed by atoms with E-state index in [0.29, 0.717) is 16.5 Å². The molecule has 2 aromatic heterocycles. The molecule has 0 fully saturated rings. The predicted molar refractivity (Wildman–Crippen MR) is 101 cm³/mol. The Hall–Kier alpha value is -2.64. The van der Waals surface area contributed by atoms with E-state index in [1.807, 2.05) is 29.6 Å². The molecule has 0 aliphatic rings. The number of carbonyl (C=O) groups is 2. The number of anilines is 1. The summed E-state index contributed by atoms with van der Waals surface area (Å²) in [6.45, 7) is -0.342. The Labute approximate surface area is 159 Å². The zero-order valence-electron chi connectivity index (χ0n) is 13.9. The number of aromatic nitrogens is 2. The van der Waals surface area contributed by atoms with Gasteiger partial charge in [0.15, 0.2) is 6.61 Å². The topological polar surface area (TPSA) is 73.2 Å². The zero-order chi connectivity index (χ0) is 18.5. The number of ether oxygens (including phenoxy) is 1. The Morgan fingerprint density at radius 2 is 2.04 bits per heavy atom. The number of rotatable bonds is 6. The number of nitrogens with zero attached hydrogens (tertiary/aromatic N) is 2. The molecule has 0 bridgehead atoms. The van der Waals surface area contributed by atoms with Crippen LogP contribution in [0.2, 0.25) is 5.02 Å². The average molecular weight is 390 g/mol. The Kier molecular flexibility index (Phi) is 5.70. The van der Waals surface area contributed by atoms with Crippen LogP contribution in [-0.4, -0.2) is 28.3 Å². The molecule has 6 nitrogen and oxygen atoms in total. The number of nitrogens with one attached hydrogen (secondary N) is 1. The number of carbonyl (C=O) groups excluding carboxylic acids is 2. The number of amides is 1. The molecule has 3 aromatic rings. The average Bonchev–Trinajstić information content (AvgIpc) is 3.24. The van der Waals surface area contributed by atoms with Crippen molar-refractivity contribution in [2.75, 3.05) is 11.9 Å². The summed E-state index contributed by atoms with van der Waals surface area (Å²) in [4.78, 5) is 24.6. The highest BCUT2D eigenvalue weighted by atomic mass is 35.5. The minimum atomic E-state index is -0.436. The van der Waals surface area contributed by atoms with Gasteiger partial charge < -0.3 is 10.1 Å². The summed E-state index contributed by atoms with van der Waals surface area (Å²) < 4.78 is 6.56. The third kappa shape index (κ3) is 4.71. The van der Waals surface area contributed by atoms with Crippen LogP contribution in [0.25, 0.3) is 11.3 Å². The molecule has 1 aromatic carbocycles. The second-order valence-electron chi connectivity index (χ2n) is 5.51. The lowest BCUT2D eigenvalue weighted by Crippen LogP contribution is -2.22. The fraction of sp³-hybridized carbons (Fsp3) is 0.167. The Morgan fingerprint density at radius 1 is 1.27 bits per heavy atom. The largest absolute Gasteiger partial charge is 0.455 e. The number of hydrogen-bond acceptors (Lipinski definition) is 5. The van der Waals surface area contributed by atoms with E-state index >= 15 is 0 Å². The molecule has 3 rings (SSSR count). The van der Waals surface area contributed by atoms with Crippen molar-refractivity contribution < 1.29 is 14.3 Å². The van der Waals surface area contributed by atoms with Crippen LogP contribution in [0.3, 0.4) is 0 Å². The molecule has 26 heavy (non-hydrogen) atoms. The van der Waals surface area contributed by atoms with E-state index in [0.717, 1.165) is 10.4 Å². The molecule has 8 heteroatoms. The van der Waals surface area contributed by atoms with Gasteiger partial charge in [-0.3, -0.25) is 14.3 Å². The van der Waals surface area contributed by atoms with Gasteiger partial charge in [-0.05, 0) is 23.6 Å². The highest BCUT2D eigenvalue weighted by Crippen LogP contribution is 2.23. The fourth-order valence-corrected chi connectivity index (χ4v) is 3.09. The standard InChI is InChI=1S/C18H16ClN3O3S/c1-22-16(10-15(21-22)12-4-6-13(19)7-5-12)20-17(23)11-25-18(24)9-14-3-2-8-26-14/h2-8,10H,9,11H2,1H3,(H,20,23). The van der Waals surface area contributed by atoms with Crippen molar-refractivity contribution in [3.8, 4) is 11.3 Å². The van der Waals surface area contributed by atoms with E-state index in [4.69, 9.17) is 16.3 Å². The Bertz CT molecular complexity index is 904. The molecule has 1 N–H and O–H groups in total. The monoisotopic (exact) mass is 389 g/mol. The summed E-state index contributed by atoms with van der Waals surface area (Å²) >= 11 is 7.36. The summed E-state index contributed by atoms with van der Waals surface area (Å²) in [5.74, 6) is -0.348. The Balaban J connectivity index is 1.55. The molecule has 0 aliphatic carbocycles. The molecule has 0 unspecified atom stereocenters. The van der Waals surface area contributed by atoms with Crippen LogP contribution in [0.1, 0.15) is 4.88 Å². The van der Waals surface area contributed by atoms with E-state index in [9.17, 15) is 9.59 Å². The molecular weight excluding hydrogens is 374 g/mol. The van der Waals surface area contributed by atoms with Crippen LogP contribution in [0.4, 0.5) is 5.82 Å².